The van der Waals surface area contributed by atoms with Gasteiger partial charge in [0, 0.05) is 37.6 Å². The number of hydrogen-bond donors (Lipinski definition) is 1. The lowest BCUT2D eigenvalue weighted by Gasteiger charge is -2.36. The first-order valence-corrected chi connectivity index (χ1v) is 10.6. The van der Waals surface area contributed by atoms with Crippen LogP contribution >= 0.6 is 11.3 Å². The number of hydrogen-bond acceptors (Lipinski definition) is 4. The van der Waals surface area contributed by atoms with Crippen LogP contribution in [0.2, 0.25) is 0 Å². The van der Waals surface area contributed by atoms with Crippen LogP contribution in [0.1, 0.15) is 15.2 Å². The quantitative estimate of drug-likeness (QED) is 0.701. The van der Waals surface area contributed by atoms with Crippen LogP contribution in [0.4, 0.5) is 11.4 Å². The van der Waals surface area contributed by atoms with Crippen molar-refractivity contribution in [2.24, 2.45) is 0 Å². The van der Waals surface area contributed by atoms with Crippen LogP contribution in [0.15, 0.2) is 72.1 Å². The predicted octanol–water partition coefficient (Wildman–Crippen LogP) is 3.89. The lowest BCUT2D eigenvalue weighted by Crippen LogP contribution is -2.48. The Bertz CT molecular complexity index is 948. The molecule has 6 heteroatoms. The van der Waals surface area contributed by atoms with Crippen molar-refractivity contribution in [3.05, 3.63) is 82.6 Å². The van der Waals surface area contributed by atoms with E-state index in [1.54, 1.807) is 0 Å². The SMILES string of the molecule is O=C(Cc1ccccc1)Nc1ccc(N2CCN(C(=O)c3cccs3)CC2)cc1. The second-order valence-electron chi connectivity index (χ2n) is 7.01. The molecular formula is C23H23N3O2S. The van der Waals surface area contributed by atoms with Gasteiger partial charge in [-0.2, -0.15) is 0 Å². The minimum atomic E-state index is -0.0235. The number of rotatable bonds is 5. The summed E-state index contributed by atoms with van der Waals surface area (Å²) in [7, 11) is 0. The van der Waals surface area contributed by atoms with Gasteiger partial charge in [0.05, 0.1) is 11.3 Å². The molecule has 2 aromatic carbocycles. The summed E-state index contributed by atoms with van der Waals surface area (Å²) in [6.07, 6.45) is 0.364. The Kier molecular flexibility index (Phi) is 5.91. The fourth-order valence-electron chi connectivity index (χ4n) is 3.47. The first-order valence-electron chi connectivity index (χ1n) is 9.70. The Morgan fingerprint density at radius 3 is 2.24 bits per heavy atom. The third-order valence-corrected chi connectivity index (χ3v) is 5.88. The van der Waals surface area contributed by atoms with E-state index in [0.717, 1.165) is 34.9 Å². The maximum absolute atomic E-state index is 12.5. The number of nitrogens with one attached hydrogen (secondary N) is 1. The molecule has 1 fully saturated rings. The molecule has 0 aliphatic carbocycles. The highest BCUT2D eigenvalue weighted by Gasteiger charge is 2.22. The van der Waals surface area contributed by atoms with Gasteiger partial charge < -0.3 is 15.1 Å². The first kappa shape index (κ1) is 19.2. The molecule has 2 amide bonds. The maximum atomic E-state index is 12.5. The van der Waals surface area contributed by atoms with Crippen LogP contribution in [0.25, 0.3) is 0 Å². The molecule has 1 N–H and O–H groups in total. The number of piperazine rings is 1. The summed E-state index contributed by atoms with van der Waals surface area (Å²) in [5.41, 5.74) is 2.90. The molecule has 1 aliphatic rings. The number of amides is 2. The van der Waals surface area contributed by atoms with Crippen LogP contribution < -0.4 is 10.2 Å². The molecule has 0 atom stereocenters. The van der Waals surface area contributed by atoms with E-state index in [-0.39, 0.29) is 11.8 Å². The van der Waals surface area contributed by atoms with Gasteiger partial charge in [0.2, 0.25) is 5.91 Å². The number of carbonyl (C=O) groups is 2. The van der Waals surface area contributed by atoms with Crippen molar-refractivity contribution < 1.29 is 9.59 Å². The van der Waals surface area contributed by atoms with Gasteiger partial charge in [-0.3, -0.25) is 9.59 Å². The van der Waals surface area contributed by atoms with Crippen molar-refractivity contribution in [1.82, 2.24) is 4.90 Å². The van der Waals surface area contributed by atoms with Gasteiger partial charge in [0.1, 0.15) is 0 Å². The summed E-state index contributed by atoms with van der Waals surface area (Å²) in [4.78, 5) is 29.7. The predicted molar refractivity (Wildman–Crippen MR) is 118 cm³/mol. The third kappa shape index (κ3) is 4.84. The molecule has 0 unspecified atom stereocenters. The number of nitrogens with zero attached hydrogens (tertiary/aromatic N) is 2. The molecule has 0 bridgehead atoms. The van der Waals surface area contributed by atoms with Crippen LogP contribution in [0.3, 0.4) is 0 Å². The topological polar surface area (TPSA) is 52.7 Å². The average molecular weight is 406 g/mol. The van der Waals surface area contributed by atoms with Crippen molar-refractivity contribution in [1.29, 1.82) is 0 Å². The van der Waals surface area contributed by atoms with E-state index >= 15 is 0 Å². The van der Waals surface area contributed by atoms with Crippen molar-refractivity contribution in [2.45, 2.75) is 6.42 Å². The Morgan fingerprint density at radius 2 is 1.59 bits per heavy atom. The largest absolute Gasteiger partial charge is 0.368 e. The zero-order valence-corrected chi connectivity index (χ0v) is 16.9. The molecule has 2 heterocycles. The molecule has 1 aliphatic heterocycles. The minimum Gasteiger partial charge on any atom is -0.368 e. The zero-order chi connectivity index (χ0) is 20.1. The highest BCUT2D eigenvalue weighted by molar-refractivity contribution is 7.12. The number of carbonyl (C=O) groups excluding carboxylic acids is 2. The van der Waals surface area contributed by atoms with E-state index in [1.807, 2.05) is 77.0 Å². The van der Waals surface area contributed by atoms with Crippen LogP contribution in [-0.4, -0.2) is 42.9 Å². The van der Waals surface area contributed by atoms with E-state index in [0.29, 0.717) is 19.5 Å². The second-order valence-corrected chi connectivity index (χ2v) is 7.96. The Labute approximate surface area is 174 Å². The van der Waals surface area contributed by atoms with E-state index in [2.05, 4.69) is 10.2 Å². The van der Waals surface area contributed by atoms with Crippen LogP contribution in [-0.2, 0) is 11.2 Å². The molecule has 4 rings (SSSR count). The molecule has 0 saturated carbocycles. The standard InChI is InChI=1S/C23H23N3O2S/c27-22(17-18-5-2-1-3-6-18)24-19-8-10-20(11-9-19)25-12-14-26(15-13-25)23(28)21-7-4-16-29-21/h1-11,16H,12-15,17H2,(H,24,27). The molecule has 148 valence electrons. The van der Waals surface area contributed by atoms with Gasteiger partial charge in [-0.25, -0.2) is 0 Å². The molecular weight excluding hydrogens is 382 g/mol. The Morgan fingerprint density at radius 1 is 0.862 bits per heavy atom. The van der Waals surface area contributed by atoms with E-state index in [9.17, 15) is 9.59 Å². The van der Waals surface area contributed by atoms with Crippen molar-refractivity contribution >= 4 is 34.5 Å². The maximum Gasteiger partial charge on any atom is 0.264 e. The monoisotopic (exact) mass is 405 g/mol. The van der Waals surface area contributed by atoms with Crippen LogP contribution in [0, 0.1) is 0 Å². The first-order chi connectivity index (χ1) is 14.2. The summed E-state index contributed by atoms with van der Waals surface area (Å²) in [5, 5.41) is 4.88. The normalized spacial score (nSPS) is 13.9. The number of anilines is 2. The molecule has 0 radical (unpaired) electrons. The van der Waals surface area contributed by atoms with Crippen molar-refractivity contribution in [2.75, 3.05) is 36.4 Å². The minimum absolute atomic E-state index is 0.0235. The molecule has 0 spiro atoms. The Hall–Kier alpha value is -3.12. The number of benzene rings is 2. The lowest BCUT2D eigenvalue weighted by atomic mass is 10.1. The summed E-state index contributed by atoms with van der Waals surface area (Å²) >= 11 is 1.49. The summed E-state index contributed by atoms with van der Waals surface area (Å²) in [6, 6.07) is 21.4. The van der Waals surface area contributed by atoms with Crippen molar-refractivity contribution in [3.8, 4) is 0 Å². The molecule has 3 aromatic rings. The fraction of sp³-hybridized carbons (Fsp3) is 0.217. The third-order valence-electron chi connectivity index (χ3n) is 5.02. The molecule has 29 heavy (non-hydrogen) atoms. The van der Waals surface area contributed by atoms with E-state index in [1.165, 1.54) is 11.3 Å². The van der Waals surface area contributed by atoms with Crippen LogP contribution in [0.5, 0.6) is 0 Å². The summed E-state index contributed by atoms with van der Waals surface area (Å²) < 4.78 is 0. The lowest BCUT2D eigenvalue weighted by molar-refractivity contribution is -0.115. The Balaban J connectivity index is 1.29. The fourth-order valence-corrected chi connectivity index (χ4v) is 4.16. The summed E-state index contributed by atoms with van der Waals surface area (Å²) in [5.74, 6) is 0.0979. The van der Waals surface area contributed by atoms with Gasteiger partial charge in [-0.05, 0) is 41.3 Å². The van der Waals surface area contributed by atoms with Gasteiger partial charge >= 0.3 is 0 Å². The van der Waals surface area contributed by atoms with E-state index < -0.39 is 0 Å². The average Bonchev–Trinajstić information content (AvgIpc) is 3.29. The van der Waals surface area contributed by atoms with E-state index in [4.69, 9.17) is 0 Å². The molecule has 5 nitrogen and oxygen atoms in total. The highest BCUT2D eigenvalue weighted by Crippen LogP contribution is 2.21. The number of thiophene rings is 1. The molecule has 1 aromatic heterocycles. The zero-order valence-electron chi connectivity index (χ0n) is 16.1. The van der Waals surface area contributed by atoms with Gasteiger partial charge in [-0.15, -0.1) is 11.3 Å². The van der Waals surface area contributed by atoms with Gasteiger partial charge in [-0.1, -0.05) is 36.4 Å². The van der Waals surface area contributed by atoms with Gasteiger partial charge in [0.25, 0.3) is 5.91 Å². The summed E-state index contributed by atoms with van der Waals surface area (Å²) in [6.45, 7) is 3.03. The second kappa shape index (κ2) is 8.92. The van der Waals surface area contributed by atoms with Gasteiger partial charge in [0.15, 0.2) is 0 Å². The molecule has 1 saturated heterocycles. The smallest absolute Gasteiger partial charge is 0.264 e. The van der Waals surface area contributed by atoms with Crippen molar-refractivity contribution in [3.63, 3.8) is 0 Å². The highest BCUT2D eigenvalue weighted by atomic mass is 32.1.